The minimum atomic E-state index is 0.0277. The topological polar surface area (TPSA) is 64.8 Å². The van der Waals surface area contributed by atoms with Crippen molar-refractivity contribution in [3.05, 3.63) is 46.8 Å². The molecule has 2 atom stereocenters. The van der Waals surface area contributed by atoms with Crippen molar-refractivity contribution < 1.29 is 18.8 Å². The summed E-state index contributed by atoms with van der Waals surface area (Å²) in [5, 5.41) is 3.92. The molecule has 1 aliphatic heterocycles. The molecule has 6 heteroatoms. The number of rotatable bonds is 4. The van der Waals surface area contributed by atoms with Crippen LogP contribution < -0.4 is 4.74 Å². The molecular weight excluding hydrogens is 320 g/mol. The maximum atomic E-state index is 12.7. The van der Waals surface area contributed by atoms with E-state index in [0.29, 0.717) is 31.1 Å². The average Bonchev–Trinajstić information content (AvgIpc) is 2.93. The predicted molar refractivity (Wildman–Crippen MR) is 92.7 cm³/mol. The van der Waals surface area contributed by atoms with Gasteiger partial charge in [0.15, 0.2) is 0 Å². The van der Waals surface area contributed by atoms with Crippen LogP contribution >= 0.6 is 0 Å². The van der Waals surface area contributed by atoms with Crippen molar-refractivity contribution in [1.29, 1.82) is 0 Å². The fourth-order valence-corrected chi connectivity index (χ4v) is 2.91. The number of ether oxygens (including phenoxy) is 2. The Balaban J connectivity index is 1.64. The van der Waals surface area contributed by atoms with Crippen LogP contribution in [0, 0.1) is 13.8 Å². The molecule has 0 radical (unpaired) electrons. The van der Waals surface area contributed by atoms with Crippen molar-refractivity contribution in [1.82, 2.24) is 10.1 Å². The summed E-state index contributed by atoms with van der Waals surface area (Å²) in [5.41, 5.74) is 2.45. The number of hydrogen-bond acceptors (Lipinski definition) is 5. The molecule has 1 fully saturated rings. The summed E-state index contributed by atoms with van der Waals surface area (Å²) in [6, 6.07) is 7.33. The van der Waals surface area contributed by atoms with Gasteiger partial charge in [-0.15, -0.1) is 0 Å². The molecule has 1 saturated heterocycles. The number of carbonyl (C=O) groups excluding carboxylic acids is 1. The first-order valence-corrected chi connectivity index (χ1v) is 8.53. The highest BCUT2D eigenvalue weighted by molar-refractivity contribution is 5.94. The molecule has 0 spiro atoms. The molecule has 0 bridgehead atoms. The van der Waals surface area contributed by atoms with E-state index < -0.39 is 0 Å². The van der Waals surface area contributed by atoms with Gasteiger partial charge >= 0.3 is 0 Å². The zero-order valence-electron chi connectivity index (χ0n) is 15.1. The van der Waals surface area contributed by atoms with Gasteiger partial charge in [-0.2, -0.15) is 0 Å². The Morgan fingerprint density at radius 1 is 1.28 bits per heavy atom. The molecule has 1 aromatic heterocycles. The lowest BCUT2D eigenvalue weighted by molar-refractivity contribution is -0.0387. The summed E-state index contributed by atoms with van der Waals surface area (Å²) >= 11 is 0. The predicted octanol–water partition coefficient (Wildman–Crippen LogP) is 3.12. The van der Waals surface area contributed by atoms with Gasteiger partial charge < -0.3 is 18.9 Å². The Bertz CT molecular complexity index is 719. The van der Waals surface area contributed by atoms with E-state index in [1.54, 1.807) is 12.1 Å². The number of amides is 1. The van der Waals surface area contributed by atoms with Crippen LogP contribution in [0.5, 0.6) is 5.75 Å². The van der Waals surface area contributed by atoms with Crippen LogP contribution in [0.15, 0.2) is 28.8 Å². The van der Waals surface area contributed by atoms with Crippen LogP contribution in [0.3, 0.4) is 0 Å². The van der Waals surface area contributed by atoms with Gasteiger partial charge in [-0.05, 0) is 52.0 Å². The third-order valence-electron chi connectivity index (χ3n) is 4.53. The normalized spacial score (nSPS) is 20.6. The molecule has 0 saturated carbocycles. The second kappa shape index (κ2) is 7.27. The molecule has 2 aromatic rings. The van der Waals surface area contributed by atoms with E-state index in [-0.39, 0.29) is 18.1 Å². The van der Waals surface area contributed by atoms with Gasteiger partial charge in [0.1, 0.15) is 18.1 Å². The largest absolute Gasteiger partial charge is 0.489 e. The third-order valence-corrected chi connectivity index (χ3v) is 4.53. The molecule has 0 aliphatic carbocycles. The molecular formula is C19H24N2O4. The minimum absolute atomic E-state index is 0.0277. The zero-order chi connectivity index (χ0) is 18.0. The number of aryl methyl sites for hydroxylation is 2. The van der Waals surface area contributed by atoms with Crippen LogP contribution in [0.2, 0.25) is 0 Å². The first-order chi connectivity index (χ1) is 12.0. The monoisotopic (exact) mass is 344 g/mol. The first-order valence-electron chi connectivity index (χ1n) is 8.53. The quantitative estimate of drug-likeness (QED) is 0.853. The van der Waals surface area contributed by atoms with Gasteiger partial charge in [-0.1, -0.05) is 5.16 Å². The summed E-state index contributed by atoms with van der Waals surface area (Å²) in [6.07, 6.45) is 0.0674. The Labute approximate surface area is 147 Å². The van der Waals surface area contributed by atoms with E-state index >= 15 is 0 Å². The lowest BCUT2D eigenvalue weighted by Gasteiger charge is -2.36. The number of hydrogen-bond donors (Lipinski definition) is 0. The Hall–Kier alpha value is -2.34. The van der Waals surface area contributed by atoms with Crippen molar-refractivity contribution in [3.63, 3.8) is 0 Å². The maximum Gasteiger partial charge on any atom is 0.254 e. The van der Waals surface area contributed by atoms with Crippen LogP contribution in [0.1, 0.15) is 41.2 Å². The summed E-state index contributed by atoms with van der Waals surface area (Å²) in [5.74, 6) is 1.50. The zero-order valence-corrected chi connectivity index (χ0v) is 15.1. The number of benzene rings is 1. The van der Waals surface area contributed by atoms with Crippen LogP contribution in [0.4, 0.5) is 0 Å². The maximum absolute atomic E-state index is 12.7. The van der Waals surface area contributed by atoms with Crippen LogP contribution in [-0.2, 0) is 11.3 Å². The highest BCUT2D eigenvalue weighted by Gasteiger charge is 2.28. The summed E-state index contributed by atoms with van der Waals surface area (Å²) < 4.78 is 16.5. The molecule has 1 aromatic carbocycles. The van der Waals surface area contributed by atoms with Gasteiger partial charge in [0.05, 0.1) is 30.0 Å². The Kier molecular flexibility index (Phi) is 5.08. The lowest BCUT2D eigenvalue weighted by Crippen LogP contribution is -2.50. The van der Waals surface area contributed by atoms with Crippen molar-refractivity contribution in [3.8, 4) is 5.75 Å². The Morgan fingerprint density at radius 3 is 2.64 bits per heavy atom. The first kappa shape index (κ1) is 17.5. The molecule has 3 rings (SSSR count). The smallest absolute Gasteiger partial charge is 0.254 e. The molecule has 25 heavy (non-hydrogen) atoms. The van der Waals surface area contributed by atoms with E-state index in [2.05, 4.69) is 5.16 Å². The van der Waals surface area contributed by atoms with Gasteiger partial charge in [0.25, 0.3) is 5.91 Å². The van der Waals surface area contributed by atoms with Gasteiger partial charge in [-0.25, -0.2) is 0 Å². The van der Waals surface area contributed by atoms with Crippen molar-refractivity contribution in [2.75, 3.05) is 13.2 Å². The Morgan fingerprint density at radius 2 is 2.00 bits per heavy atom. The second-order valence-corrected chi connectivity index (χ2v) is 6.57. The van der Waals surface area contributed by atoms with E-state index in [9.17, 15) is 4.79 Å². The van der Waals surface area contributed by atoms with Gasteiger partial charge in [-0.3, -0.25) is 4.79 Å². The number of nitrogens with zero attached hydrogens (tertiary/aromatic N) is 2. The van der Waals surface area contributed by atoms with Crippen molar-refractivity contribution >= 4 is 5.91 Å². The average molecular weight is 344 g/mol. The third kappa shape index (κ3) is 3.85. The molecule has 134 valence electrons. The molecule has 2 heterocycles. The van der Waals surface area contributed by atoms with Crippen LogP contribution in [-0.4, -0.2) is 41.3 Å². The fourth-order valence-electron chi connectivity index (χ4n) is 2.91. The SMILES string of the molecule is Cc1noc(C)c1COc1ccc(C(=O)N2CC(C)OCC2C)cc1. The summed E-state index contributed by atoms with van der Waals surface area (Å²) in [6.45, 7) is 9.33. The van der Waals surface area contributed by atoms with Crippen molar-refractivity contribution in [2.24, 2.45) is 0 Å². The second-order valence-electron chi connectivity index (χ2n) is 6.57. The molecule has 1 aliphatic rings. The number of carbonyl (C=O) groups is 1. The summed E-state index contributed by atoms with van der Waals surface area (Å²) in [7, 11) is 0. The standard InChI is InChI=1S/C19H24N2O4/c1-12-10-23-13(2)9-21(12)19(22)16-5-7-17(8-6-16)24-11-18-14(3)20-25-15(18)4/h5-8,12-13H,9-11H2,1-4H3. The molecule has 2 unspecified atom stereocenters. The molecule has 0 N–H and O–H groups in total. The van der Waals surface area contributed by atoms with E-state index in [4.69, 9.17) is 14.0 Å². The number of aromatic nitrogens is 1. The summed E-state index contributed by atoms with van der Waals surface area (Å²) in [4.78, 5) is 14.6. The fraction of sp³-hybridized carbons (Fsp3) is 0.474. The lowest BCUT2D eigenvalue weighted by atomic mass is 10.1. The molecule has 1 amide bonds. The van der Waals surface area contributed by atoms with Crippen molar-refractivity contribution in [2.45, 2.75) is 46.4 Å². The van der Waals surface area contributed by atoms with E-state index in [1.807, 2.05) is 44.7 Å². The highest BCUT2D eigenvalue weighted by Crippen LogP contribution is 2.20. The van der Waals surface area contributed by atoms with Gasteiger partial charge in [0.2, 0.25) is 0 Å². The molecule has 6 nitrogen and oxygen atoms in total. The van der Waals surface area contributed by atoms with Gasteiger partial charge in [0, 0.05) is 12.1 Å². The minimum Gasteiger partial charge on any atom is -0.489 e. The van der Waals surface area contributed by atoms with E-state index in [0.717, 1.165) is 17.0 Å². The van der Waals surface area contributed by atoms with Crippen LogP contribution in [0.25, 0.3) is 0 Å². The highest BCUT2D eigenvalue weighted by atomic mass is 16.5. The number of morpholine rings is 1. The van der Waals surface area contributed by atoms with E-state index in [1.165, 1.54) is 0 Å².